The average Bonchev–Trinajstić information content (AvgIpc) is 3.00. The van der Waals surface area contributed by atoms with E-state index in [4.69, 9.17) is 0 Å². The third-order valence-electron chi connectivity index (χ3n) is 4.88. The number of imide groups is 2. The fourth-order valence-corrected chi connectivity index (χ4v) is 3.46. The van der Waals surface area contributed by atoms with Crippen molar-refractivity contribution in [1.82, 2.24) is 14.9 Å². The normalized spacial score (nSPS) is 15.6. The molecule has 1 aromatic carbocycles. The summed E-state index contributed by atoms with van der Waals surface area (Å²) in [5, 5.41) is 2.17. The van der Waals surface area contributed by atoms with Gasteiger partial charge in [0.1, 0.15) is 11.4 Å². The maximum Gasteiger partial charge on any atom is 0.335 e. The molecule has 8 heteroatoms. The molecule has 1 saturated heterocycles. The van der Waals surface area contributed by atoms with Crippen molar-refractivity contribution < 1.29 is 18.8 Å². The van der Waals surface area contributed by atoms with Gasteiger partial charge in [-0.1, -0.05) is 0 Å². The van der Waals surface area contributed by atoms with Gasteiger partial charge in [0, 0.05) is 29.5 Å². The van der Waals surface area contributed by atoms with Crippen molar-refractivity contribution in [3.05, 3.63) is 83.2 Å². The van der Waals surface area contributed by atoms with E-state index in [-0.39, 0.29) is 11.3 Å². The molecule has 0 aliphatic carbocycles. The molecule has 0 spiro atoms. The minimum atomic E-state index is -0.879. The van der Waals surface area contributed by atoms with E-state index in [2.05, 4.69) is 10.3 Å². The predicted molar refractivity (Wildman–Crippen MR) is 108 cm³/mol. The first kappa shape index (κ1) is 19.3. The minimum absolute atomic E-state index is 0.166. The predicted octanol–water partition coefficient (Wildman–Crippen LogP) is 3.29. The Morgan fingerprint density at radius 1 is 0.967 bits per heavy atom. The smallest absolute Gasteiger partial charge is 0.318 e. The summed E-state index contributed by atoms with van der Waals surface area (Å²) in [6.07, 6.45) is 4.81. The molecule has 0 radical (unpaired) electrons. The fourth-order valence-electron chi connectivity index (χ4n) is 3.46. The Hall–Kier alpha value is -4.07. The first-order chi connectivity index (χ1) is 14.4. The first-order valence-corrected chi connectivity index (χ1v) is 9.13. The summed E-state index contributed by atoms with van der Waals surface area (Å²) in [6, 6.07) is 9.55. The summed E-state index contributed by atoms with van der Waals surface area (Å²) < 4.78 is 15.2. The second kappa shape index (κ2) is 7.40. The SMILES string of the molecule is Cc1cc(C=C2C(=O)NC(=O)N(c3ccc(F)cc3)C2=O)c(C)n1-c1ccncc1. The quantitative estimate of drug-likeness (QED) is 0.536. The molecule has 0 bridgehead atoms. The van der Waals surface area contributed by atoms with Gasteiger partial charge in [-0.2, -0.15) is 0 Å². The summed E-state index contributed by atoms with van der Waals surface area (Å²) in [5.41, 5.74) is 3.26. The number of pyridine rings is 1. The van der Waals surface area contributed by atoms with Crippen LogP contribution in [0.5, 0.6) is 0 Å². The van der Waals surface area contributed by atoms with E-state index in [1.807, 2.05) is 36.6 Å². The standard InChI is InChI=1S/C22H17FN4O3/c1-13-11-15(14(2)26(13)18-7-9-24-10-8-18)12-19-20(28)25-22(30)27(21(19)29)17-5-3-16(23)4-6-17/h3-12H,1-2H3,(H,25,28,30). The summed E-state index contributed by atoms with van der Waals surface area (Å²) in [5.74, 6) is -2.06. The van der Waals surface area contributed by atoms with Crippen LogP contribution in [0.25, 0.3) is 11.8 Å². The van der Waals surface area contributed by atoms with Crippen LogP contribution in [-0.2, 0) is 9.59 Å². The van der Waals surface area contributed by atoms with E-state index in [9.17, 15) is 18.8 Å². The zero-order valence-corrected chi connectivity index (χ0v) is 16.2. The number of hydrogen-bond acceptors (Lipinski definition) is 4. The second-order valence-electron chi connectivity index (χ2n) is 6.80. The number of urea groups is 1. The number of nitrogens with zero attached hydrogens (tertiary/aromatic N) is 3. The number of carbonyl (C=O) groups excluding carboxylic acids is 3. The maximum absolute atomic E-state index is 13.2. The lowest BCUT2D eigenvalue weighted by Crippen LogP contribution is -2.54. The molecule has 0 unspecified atom stereocenters. The number of hydrogen-bond donors (Lipinski definition) is 1. The number of anilines is 1. The molecule has 1 aliphatic rings. The van der Waals surface area contributed by atoms with Crippen LogP contribution in [0.15, 0.2) is 60.4 Å². The number of benzene rings is 1. The van der Waals surface area contributed by atoms with Crippen LogP contribution >= 0.6 is 0 Å². The highest BCUT2D eigenvalue weighted by atomic mass is 19.1. The Balaban J connectivity index is 1.76. The van der Waals surface area contributed by atoms with Gasteiger partial charge in [0.05, 0.1) is 5.69 Å². The number of barbiturate groups is 1. The van der Waals surface area contributed by atoms with Gasteiger partial charge in [-0.15, -0.1) is 0 Å². The molecular formula is C22H17FN4O3. The third kappa shape index (κ3) is 3.28. The number of amides is 4. The van der Waals surface area contributed by atoms with E-state index in [1.54, 1.807) is 12.4 Å². The van der Waals surface area contributed by atoms with Crippen molar-refractivity contribution in [3.8, 4) is 5.69 Å². The van der Waals surface area contributed by atoms with Crippen LogP contribution in [0.4, 0.5) is 14.9 Å². The molecule has 1 N–H and O–H groups in total. The van der Waals surface area contributed by atoms with Gasteiger partial charge in [-0.05, 0) is 68.0 Å². The topological polar surface area (TPSA) is 84.3 Å². The summed E-state index contributed by atoms with van der Waals surface area (Å²) >= 11 is 0. The van der Waals surface area contributed by atoms with Crippen LogP contribution < -0.4 is 10.2 Å². The van der Waals surface area contributed by atoms with Gasteiger partial charge >= 0.3 is 6.03 Å². The van der Waals surface area contributed by atoms with Crippen molar-refractivity contribution in [1.29, 1.82) is 0 Å². The molecule has 2 aromatic heterocycles. The van der Waals surface area contributed by atoms with Crippen molar-refractivity contribution >= 4 is 29.6 Å². The van der Waals surface area contributed by atoms with Crippen molar-refractivity contribution in [3.63, 3.8) is 0 Å². The highest BCUT2D eigenvalue weighted by Gasteiger charge is 2.37. The number of nitrogens with one attached hydrogen (secondary N) is 1. The van der Waals surface area contributed by atoms with Crippen LogP contribution in [0.2, 0.25) is 0 Å². The molecule has 4 amide bonds. The number of halogens is 1. The molecule has 0 saturated carbocycles. The van der Waals surface area contributed by atoms with Crippen LogP contribution in [0, 0.1) is 19.7 Å². The van der Waals surface area contributed by atoms with Crippen molar-refractivity contribution in [2.45, 2.75) is 13.8 Å². The lowest BCUT2D eigenvalue weighted by atomic mass is 10.1. The lowest BCUT2D eigenvalue weighted by molar-refractivity contribution is -0.122. The molecule has 7 nitrogen and oxygen atoms in total. The summed E-state index contributed by atoms with van der Waals surface area (Å²) in [4.78, 5) is 42.5. The summed E-state index contributed by atoms with van der Waals surface area (Å²) in [6.45, 7) is 3.78. The number of aryl methyl sites for hydroxylation is 1. The maximum atomic E-state index is 13.2. The number of carbonyl (C=O) groups is 3. The lowest BCUT2D eigenvalue weighted by Gasteiger charge is -2.26. The molecule has 0 atom stereocenters. The fraction of sp³-hybridized carbons (Fsp3) is 0.0909. The van der Waals surface area contributed by atoms with Crippen LogP contribution in [-0.4, -0.2) is 27.4 Å². The van der Waals surface area contributed by atoms with E-state index in [1.165, 1.54) is 18.2 Å². The molecule has 150 valence electrons. The zero-order chi connectivity index (χ0) is 21.4. The summed E-state index contributed by atoms with van der Waals surface area (Å²) in [7, 11) is 0. The highest BCUT2D eigenvalue weighted by Crippen LogP contribution is 2.26. The van der Waals surface area contributed by atoms with E-state index >= 15 is 0 Å². The molecule has 1 fully saturated rings. The molecule has 1 aliphatic heterocycles. The second-order valence-corrected chi connectivity index (χ2v) is 6.80. The van der Waals surface area contributed by atoms with Crippen LogP contribution in [0.3, 0.4) is 0 Å². The average molecular weight is 404 g/mol. The van der Waals surface area contributed by atoms with Crippen molar-refractivity contribution in [2.75, 3.05) is 4.90 Å². The van der Waals surface area contributed by atoms with Gasteiger partial charge in [-0.25, -0.2) is 14.1 Å². The Labute approximate surface area is 171 Å². The van der Waals surface area contributed by atoms with Gasteiger partial charge in [-0.3, -0.25) is 19.9 Å². The van der Waals surface area contributed by atoms with Crippen molar-refractivity contribution in [2.24, 2.45) is 0 Å². The largest absolute Gasteiger partial charge is 0.335 e. The Morgan fingerprint density at radius 2 is 1.63 bits per heavy atom. The van der Waals surface area contributed by atoms with Gasteiger partial charge < -0.3 is 4.57 Å². The van der Waals surface area contributed by atoms with Gasteiger partial charge in [0.25, 0.3) is 11.8 Å². The molecular weight excluding hydrogens is 387 g/mol. The van der Waals surface area contributed by atoms with E-state index in [0.717, 1.165) is 34.1 Å². The highest BCUT2D eigenvalue weighted by molar-refractivity contribution is 6.39. The van der Waals surface area contributed by atoms with Gasteiger partial charge in [0.15, 0.2) is 0 Å². The third-order valence-corrected chi connectivity index (χ3v) is 4.88. The Bertz CT molecular complexity index is 1200. The number of rotatable bonds is 3. The molecule has 3 aromatic rings. The molecule has 30 heavy (non-hydrogen) atoms. The zero-order valence-electron chi connectivity index (χ0n) is 16.2. The monoisotopic (exact) mass is 404 g/mol. The van der Waals surface area contributed by atoms with E-state index < -0.39 is 23.7 Å². The Morgan fingerprint density at radius 3 is 2.30 bits per heavy atom. The van der Waals surface area contributed by atoms with Gasteiger partial charge in [0.2, 0.25) is 0 Å². The minimum Gasteiger partial charge on any atom is -0.318 e. The van der Waals surface area contributed by atoms with E-state index in [0.29, 0.717) is 5.56 Å². The van der Waals surface area contributed by atoms with Crippen LogP contribution in [0.1, 0.15) is 17.0 Å². The molecule has 3 heterocycles. The first-order valence-electron chi connectivity index (χ1n) is 9.13. The number of aromatic nitrogens is 2. The molecule has 4 rings (SSSR count). The Kier molecular flexibility index (Phi) is 4.75.